The molecule has 0 bridgehead atoms. The molecule has 0 heterocycles. The van der Waals surface area contributed by atoms with E-state index < -0.39 is 17.7 Å². The van der Waals surface area contributed by atoms with E-state index in [0.717, 1.165) is 4.47 Å². The highest BCUT2D eigenvalue weighted by Crippen LogP contribution is 2.40. The van der Waals surface area contributed by atoms with Crippen LogP contribution in [0.4, 0.5) is 4.79 Å². The SMILES string of the molecule is Cc1c(C(=O)Oc2ccccc2)c(OC(=O)OC(C)(C)C)c2cc(Br)ccc2c1Cl. The Morgan fingerprint density at radius 2 is 1.63 bits per heavy atom. The molecule has 0 unspecified atom stereocenters. The van der Waals surface area contributed by atoms with E-state index in [4.69, 9.17) is 25.8 Å². The van der Waals surface area contributed by atoms with Gasteiger partial charge in [-0.15, -0.1) is 0 Å². The summed E-state index contributed by atoms with van der Waals surface area (Å²) in [6.45, 7) is 6.84. The molecule has 0 aromatic heterocycles. The van der Waals surface area contributed by atoms with Crippen LogP contribution in [-0.2, 0) is 4.74 Å². The van der Waals surface area contributed by atoms with E-state index in [0.29, 0.717) is 27.1 Å². The number of hydrogen-bond donors (Lipinski definition) is 0. The molecule has 0 fully saturated rings. The first-order valence-electron chi connectivity index (χ1n) is 9.16. The van der Waals surface area contributed by atoms with Crippen molar-refractivity contribution in [3.05, 3.63) is 69.2 Å². The molecule has 0 N–H and O–H groups in total. The van der Waals surface area contributed by atoms with Crippen LogP contribution in [0.1, 0.15) is 36.7 Å². The predicted octanol–water partition coefficient (Wildman–Crippen LogP) is 7.10. The summed E-state index contributed by atoms with van der Waals surface area (Å²) in [6.07, 6.45) is -0.931. The standard InChI is InChI=1S/C23H20BrClO5/c1-13-18(21(26)28-15-8-6-5-7-9-15)20(29-22(27)30-23(2,3)4)17-12-14(24)10-11-16(17)19(13)25/h5-12H,1-4H3. The third-order valence-electron chi connectivity index (χ3n) is 4.13. The number of rotatable bonds is 3. The molecule has 3 aromatic rings. The van der Waals surface area contributed by atoms with Gasteiger partial charge in [-0.2, -0.15) is 0 Å². The molecule has 0 atom stereocenters. The van der Waals surface area contributed by atoms with Crippen LogP contribution in [0.15, 0.2) is 53.0 Å². The van der Waals surface area contributed by atoms with Crippen molar-refractivity contribution in [2.75, 3.05) is 0 Å². The van der Waals surface area contributed by atoms with Gasteiger partial charge in [-0.3, -0.25) is 0 Å². The lowest BCUT2D eigenvalue weighted by Crippen LogP contribution is -2.27. The molecule has 3 aromatic carbocycles. The van der Waals surface area contributed by atoms with Gasteiger partial charge in [0.15, 0.2) is 5.75 Å². The third-order valence-corrected chi connectivity index (χ3v) is 5.11. The second-order valence-electron chi connectivity index (χ2n) is 7.60. The van der Waals surface area contributed by atoms with Gasteiger partial charge in [0.05, 0.1) is 5.02 Å². The third kappa shape index (κ3) is 4.94. The van der Waals surface area contributed by atoms with Gasteiger partial charge in [0, 0.05) is 15.2 Å². The van der Waals surface area contributed by atoms with Crippen LogP contribution >= 0.6 is 27.5 Å². The fourth-order valence-electron chi connectivity index (χ4n) is 2.87. The van der Waals surface area contributed by atoms with Crippen LogP contribution in [0.3, 0.4) is 0 Å². The van der Waals surface area contributed by atoms with Crippen molar-refractivity contribution in [3.8, 4) is 11.5 Å². The molecule has 30 heavy (non-hydrogen) atoms. The zero-order chi connectivity index (χ0) is 22.1. The summed E-state index contributed by atoms with van der Waals surface area (Å²) in [6, 6.07) is 13.9. The van der Waals surface area contributed by atoms with E-state index in [1.165, 1.54) is 0 Å². The number of hydrogen-bond acceptors (Lipinski definition) is 5. The zero-order valence-electron chi connectivity index (χ0n) is 16.9. The molecule has 0 aliphatic carbocycles. The van der Waals surface area contributed by atoms with Crippen molar-refractivity contribution in [1.82, 2.24) is 0 Å². The minimum Gasteiger partial charge on any atom is -0.428 e. The van der Waals surface area contributed by atoms with Crippen LogP contribution in [-0.4, -0.2) is 17.7 Å². The van der Waals surface area contributed by atoms with E-state index in [9.17, 15) is 9.59 Å². The average molecular weight is 492 g/mol. The minimum atomic E-state index is -0.931. The van der Waals surface area contributed by atoms with Crippen molar-refractivity contribution in [1.29, 1.82) is 0 Å². The lowest BCUT2D eigenvalue weighted by Gasteiger charge is -2.21. The summed E-state index contributed by atoms with van der Waals surface area (Å²) < 4.78 is 17.1. The normalized spacial score (nSPS) is 11.3. The molecule has 0 saturated carbocycles. The highest BCUT2D eigenvalue weighted by molar-refractivity contribution is 9.10. The highest BCUT2D eigenvalue weighted by atomic mass is 79.9. The number of carbonyl (C=O) groups is 2. The molecule has 0 saturated heterocycles. The molecule has 0 radical (unpaired) electrons. The fourth-order valence-corrected chi connectivity index (χ4v) is 3.49. The Kier molecular flexibility index (Phi) is 6.38. The number of para-hydroxylation sites is 1. The Morgan fingerprint density at radius 3 is 2.27 bits per heavy atom. The van der Waals surface area contributed by atoms with Crippen LogP contribution in [0.5, 0.6) is 11.5 Å². The van der Waals surface area contributed by atoms with E-state index in [2.05, 4.69) is 15.9 Å². The first kappa shape index (κ1) is 22.1. The molecule has 3 rings (SSSR count). The van der Waals surface area contributed by atoms with E-state index in [-0.39, 0.29) is 11.3 Å². The Morgan fingerprint density at radius 1 is 0.967 bits per heavy atom. The van der Waals surface area contributed by atoms with Gasteiger partial charge in [0.1, 0.15) is 16.9 Å². The van der Waals surface area contributed by atoms with Gasteiger partial charge >= 0.3 is 12.1 Å². The van der Waals surface area contributed by atoms with Gasteiger partial charge in [-0.25, -0.2) is 9.59 Å². The predicted molar refractivity (Wildman–Crippen MR) is 120 cm³/mol. The topological polar surface area (TPSA) is 61.8 Å². The fraction of sp³-hybridized carbons (Fsp3) is 0.217. The van der Waals surface area contributed by atoms with E-state index in [1.807, 2.05) is 12.1 Å². The molecule has 0 aliphatic rings. The van der Waals surface area contributed by atoms with Crippen LogP contribution in [0.25, 0.3) is 10.8 Å². The Hall–Kier alpha value is -2.57. The average Bonchev–Trinajstić information content (AvgIpc) is 2.65. The number of halogens is 2. The molecular weight excluding hydrogens is 472 g/mol. The Bertz CT molecular complexity index is 1120. The molecule has 0 aliphatic heterocycles. The molecule has 0 spiro atoms. The summed E-state index contributed by atoms with van der Waals surface area (Å²) in [5, 5.41) is 1.48. The number of benzene rings is 3. The van der Waals surface area contributed by atoms with Crippen molar-refractivity contribution in [2.45, 2.75) is 33.3 Å². The monoisotopic (exact) mass is 490 g/mol. The second-order valence-corrected chi connectivity index (χ2v) is 8.90. The minimum absolute atomic E-state index is 0.0309. The number of ether oxygens (including phenoxy) is 3. The quantitative estimate of drug-likeness (QED) is 0.222. The van der Waals surface area contributed by atoms with E-state index in [1.54, 1.807) is 64.1 Å². The van der Waals surface area contributed by atoms with Crippen LogP contribution in [0, 0.1) is 6.92 Å². The highest BCUT2D eigenvalue weighted by Gasteiger charge is 2.28. The maximum atomic E-state index is 13.1. The number of fused-ring (bicyclic) bond motifs is 1. The molecule has 156 valence electrons. The first-order chi connectivity index (χ1) is 14.1. The number of esters is 1. The maximum Gasteiger partial charge on any atom is 0.514 e. The van der Waals surface area contributed by atoms with Gasteiger partial charge in [-0.1, -0.05) is 51.8 Å². The second kappa shape index (κ2) is 8.66. The summed E-state index contributed by atoms with van der Waals surface area (Å²) in [5.41, 5.74) is -0.272. The van der Waals surface area contributed by atoms with Gasteiger partial charge in [0.25, 0.3) is 0 Å². The molecule has 7 heteroatoms. The number of carbonyl (C=O) groups excluding carboxylic acids is 2. The van der Waals surface area contributed by atoms with Gasteiger partial charge < -0.3 is 14.2 Å². The van der Waals surface area contributed by atoms with Crippen LogP contribution < -0.4 is 9.47 Å². The van der Waals surface area contributed by atoms with Crippen LogP contribution in [0.2, 0.25) is 5.02 Å². The smallest absolute Gasteiger partial charge is 0.428 e. The van der Waals surface area contributed by atoms with Crippen molar-refractivity contribution in [2.24, 2.45) is 0 Å². The summed E-state index contributed by atoms with van der Waals surface area (Å²) in [4.78, 5) is 25.5. The largest absolute Gasteiger partial charge is 0.514 e. The molecule has 5 nitrogen and oxygen atoms in total. The maximum absolute atomic E-state index is 13.1. The Labute approximate surface area is 188 Å². The van der Waals surface area contributed by atoms with Crippen molar-refractivity contribution >= 4 is 50.4 Å². The molecular formula is C23H20BrClO5. The Balaban J connectivity index is 2.17. The first-order valence-corrected chi connectivity index (χ1v) is 10.3. The summed E-state index contributed by atoms with van der Waals surface area (Å²) in [5.74, 6) is -0.306. The zero-order valence-corrected chi connectivity index (χ0v) is 19.3. The summed E-state index contributed by atoms with van der Waals surface area (Å²) in [7, 11) is 0. The summed E-state index contributed by atoms with van der Waals surface area (Å²) >= 11 is 9.96. The van der Waals surface area contributed by atoms with Gasteiger partial charge in [0.2, 0.25) is 0 Å². The van der Waals surface area contributed by atoms with Gasteiger partial charge in [-0.05, 0) is 57.5 Å². The van der Waals surface area contributed by atoms with Crippen molar-refractivity contribution < 1.29 is 23.8 Å². The lowest BCUT2D eigenvalue weighted by atomic mass is 10.00. The lowest BCUT2D eigenvalue weighted by molar-refractivity contribution is 0.0207. The van der Waals surface area contributed by atoms with E-state index >= 15 is 0 Å². The van der Waals surface area contributed by atoms with Crippen molar-refractivity contribution in [3.63, 3.8) is 0 Å². The molecule has 0 amide bonds.